The van der Waals surface area contributed by atoms with Crippen LogP contribution in [0.4, 0.5) is 0 Å². The third kappa shape index (κ3) is 4.12. The number of allylic oxidation sites excluding steroid dienone is 1. The molecule has 4 nitrogen and oxygen atoms in total. The maximum atomic E-state index is 12.1. The minimum atomic E-state index is -0.551. The van der Waals surface area contributed by atoms with E-state index in [0.717, 1.165) is 5.56 Å². The van der Waals surface area contributed by atoms with Crippen molar-refractivity contribution in [3.8, 4) is 17.6 Å². The zero-order chi connectivity index (χ0) is 16.8. The summed E-state index contributed by atoms with van der Waals surface area (Å²) in [7, 11) is 1.44. The molecular weight excluding hydrogens is 314 g/mol. The van der Waals surface area contributed by atoms with Crippen molar-refractivity contribution in [3.05, 3.63) is 64.7 Å². The van der Waals surface area contributed by atoms with Gasteiger partial charge in [0.1, 0.15) is 0 Å². The van der Waals surface area contributed by atoms with E-state index in [-0.39, 0.29) is 5.75 Å². The van der Waals surface area contributed by atoms with Crippen LogP contribution in [-0.2, 0) is 4.79 Å². The molecule has 5 heteroatoms. The van der Waals surface area contributed by atoms with Crippen LogP contribution in [0.3, 0.4) is 0 Å². The third-order valence-corrected chi connectivity index (χ3v) is 3.47. The number of nitrogens with zero attached hydrogens (tertiary/aromatic N) is 1. The molecule has 0 aliphatic carbocycles. The van der Waals surface area contributed by atoms with Gasteiger partial charge in [0, 0.05) is 17.2 Å². The minimum Gasteiger partial charge on any atom is -0.493 e. The smallest absolute Gasteiger partial charge is 0.336 e. The first-order chi connectivity index (χ1) is 11.0. The van der Waals surface area contributed by atoms with Gasteiger partial charge in [-0.25, -0.2) is 4.79 Å². The van der Waals surface area contributed by atoms with Gasteiger partial charge in [-0.3, -0.25) is 0 Å². The van der Waals surface area contributed by atoms with Crippen LogP contribution in [0.2, 0.25) is 5.02 Å². The predicted molar refractivity (Wildman–Crippen MR) is 88.4 cm³/mol. The Balaban J connectivity index is 2.21. The first-order valence-electron chi connectivity index (χ1n) is 6.78. The topological polar surface area (TPSA) is 59.3 Å². The Bertz CT molecular complexity index is 806. The highest BCUT2D eigenvalue weighted by Gasteiger charge is 2.11. The minimum absolute atomic E-state index is 0.250. The van der Waals surface area contributed by atoms with Gasteiger partial charge in [-0.2, -0.15) is 5.26 Å². The largest absolute Gasteiger partial charge is 0.493 e. The molecule has 0 saturated heterocycles. The highest BCUT2D eigenvalue weighted by molar-refractivity contribution is 6.32. The number of rotatable bonds is 4. The normalized spacial score (nSPS) is 10.8. The predicted octanol–water partition coefficient (Wildman–Crippen LogP) is 4.23. The second kappa shape index (κ2) is 7.48. The second-order valence-corrected chi connectivity index (χ2v) is 5.11. The van der Waals surface area contributed by atoms with Gasteiger partial charge >= 0.3 is 5.97 Å². The van der Waals surface area contributed by atoms with E-state index in [1.54, 1.807) is 19.1 Å². The third-order valence-electron chi connectivity index (χ3n) is 3.14. The van der Waals surface area contributed by atoms with Gasteiger partial charge in [0.15, 0.2) is 11.5 Å². The summed E-state index contributed by atoms with van der Waals surface area (Å²) >= 11 is 6.10. The van der Waals surface area contributed by atoms with Crippen molar-refractivity contribution in [2.45, 2.75) is 6.92 Å². The first-order valence-corrected chi connectivity index (χ1v) is 7.16. The summed E-state index contributed by atoms with van der Waals surface area (Å²) in [6.07, 6.45) is 1.36. The van der Waals surface area contributed by atoms with Crippen LogP contribution in [0.15, 0.2) is 48.5 Å². The van der Waals surface area contributed by atoms with Crippen LogP contribution < -0.4 is 9.47 Å². The average molecular weight is 328 g/mol. The molecule has 0 unspecified atom stereocenters. The van der Waals surface area contributed by atoms with Crippen molar-refractivity contribution in [3.63, 3.8) is 0 Å². The van der Waals surface area contributed by atoms with Crippen molar-refractivity contribution in [2.75, 3.05) is 7.11 Å². The molecule has 2 aromatic rings. The maximum absolute atomic E-state index is 12.1. The van der Waals surface area contributed by atoms with Crippen LogP contribution in [0.5, 0.6) is 11.5 Å². The van der Waals surface area contributed by atoms with E-state index >= 15 is 0 Å². The fraction of sp³-hybridized carbons (Fsp3) is 0.111. The molecule has 0 radical (unpaired) electrons. The van der Waals surface area contributed by atoms with Crippen molar-refractivity contribution in [2.24, 2.45) is 0 Å². The molecule has 0 fully saturated rings. The van der Waals surface area contributed by atoms with Crippen LogP contribution in [-0.4, -0.2) is 13.1 Å². The lowest BCUT2D eigenvalue weighted by Gasteiger charge is -2.09. The van der Waals surface area contributed by atoms with Crippen LogP contribution >= 0.6 is 11.6 Å². The molecule has 0 amide bonds. The Morgan fingerprint density at radius 3 is 2.61 bits per heavy atom. The molecule has 0 aromatic heterocycles. The van der Waals surface area contributed by atoms with Crippen LogP contribution in [0, 0.1) is 11.3 Å². The second-order valence-electron chi connectivity index (χ2n) is 4.71. The molecule has 0 saturated carbocycles. The molecule has 0 aliphatic heterocycles. The van der Waals surface area contributed by atoms with Gasteiger partial charge < -0.3 is 9.47 Å². The van der Waals surface area contributed by atoms with Gasteiger partial charge in [0.05, 0.1) is 18.7 Å². The van der Waals surface area contributed by atoms with Gasteiger partial charge in [-0.1, -0.05) is 29.8 Å². The first kappa shape index (κ1) is 16.6. The average Bonchev–Trinajstić information content (AvgIpc) is 2.55. The van der Waals surface area contributed by atoms with E-state index in [1.807, 2.05) is 24.3 Å². The fourth-order valence-corrected chi connectivity index (χ4v) is 2.28. The summed E-state index contributed by atoms with van der Waals surface area (Å²) in [4.78, 5) is 12.1. The number of ether oxygens (including phenoxy) is 2. The quantitative estimate of drug-likeness (QED) is 0.479. The number of hydrogen-bond acceptors (Lipinski definition) is 4. The number of benzene rings is 2. The zero-order valence-corrected chi connectivity index (χ0v) is 13.4. The number of methoxy groups -OCH3 is 1. The SMILES string of the molecule is COc1cc(C#N)ccc1OC(=O)C=C(C)c1ccccc1Cl. The zero-order valence-electron chi connectivity index (χ0n) is 12.7. The van der Waals surface area contributed by atoms with E-state index in [9.17, 15) is 4.79 Å². The number of esters is 1. The molecular formula is C18H14ClNO3. The van der Waals surface area contributed by atoms with Gasteiger partial charge in [-0.05, 0) is 36.3 Å². The standard InChI is InChI=1S/C18H14ClNO3/c1-12(14-5-3-4-6-15(14)19)9-18(21)23-16-8-7-13(11-20)10-17(16)22-2/h3-10H,1-2H3. The molecule has 0 bridgehead atoms. The lowest BCUT2D eigenvalue weighted by atomic mass is 10.1. The Kier molecular flexibility index (Phi) is 5.40. The van der Waals surface area contributed by atoms with Gasteiger partial charge in [0.25, 0.3) is 0 Å². The molecule has 0 spiro atoms. The molecule has 0 atom stereocenters. The summed E-state index contributed by atoms with van der Waals surface area (Å²) in [5.74, 6) is 0.0198. The van der Waals surface area contributed by atoms with E-state index in [4.69, 9.17) is 26.3 Å². The number of carbonyl (C=O) groups is 1. The summed E-state index contributed by atoms with van der Waals surface area (Å²) in [5, 5.41) is 9.43. The lowest BCUT2D eigenvalue weighted by Crippen LogP contribution is -2.06. The number of carbonyl (C=O) groups excluding carboxylic acids is 1. The molecule has 0 aliphatic rings. The van der Waals surface area contributed by atoms with Crippen molar-refractivity contribution >= 4 is 23.1 Å². The summed E-state index contributed by atoms with van der Waals surface area (Å²) in [6.45, 7) is 1.78. The Morgan fingerprint density at radius 2 is 1.96 bits per heavy atom. The van der Waals surface area contributed by atoms with Crippen LogP contribution in [0.1, 0.15) is 18.1 Å². The molecule has 23 heavy (non-hydrogen) atoms. The Morgan fingerprint density at radius 1 is 1.22 bits per heavy atom. The molecule has 0 N–H and O–H groups in total. The molecule has 2 rings (SSSR count). The van der Waals surface area contributed by atoms with E-state index in [2.05, 4.69) is 0 Å². The molecule has 2 aromatic carbocycles. The number of nitriles is 1. The number of hydrogen-bond donors (Lipinski definition) is 0. The lowest BCUT2D eigenvalue weighted by molar-refractivity contribution is -0.129. The van der Waals surface area contributed by atoms with Gasteiger partial charge in [0.2, 0.25) is 0 Å². The Hall–Kier alpha value is -2.77. The Labute approximate surface area is 139 Å². The van der Waals surface area contributed by atoms with Crippen molar-refractivity contribution < 1.29 is 14.3 Å². The molecule has 116 valence electrons. The van der Waals surface area contributed by atoms with Crippen LogP contribution in [0.25, 0.3) is 5.57 Å². The highest BCUT2D eigenvalue weighted by atomic mass is 35.5. The maximum Gasteiger partial charge on any atom is 0.336 e. The van der Waals surface area contributed by atoms with E-state index < -0.39 is 5.97 Å². The number of halogens is 1. The van der Waals surface area contributed by atoms with Crippen molar-refractivity contribution in [1.29, 1.82) is 5.26 Å². The fourth-order valence-electron chi connectivity index (χ4n) is 1.99. The van der Waals surface area contributed by atoms with E-state index in [1.165, 1.54) is 25.3 Å². The summed E-state index contributed by atoms with van der Waals surface area (Å²) in [5.41, 5.74) is 1.87. The van der Waals surface area contributed by atoms with Crippen molar-refractivity contribution in [1.82, 2.24) is 0 Å². The monoisotopic (exact) mass is 327 g/mol. The van der Waals surface area contributed by atoms with E-state index in [0.29, 0.717) is 21.9 Å². The van der Waals surface area contributed by atoms with Gasteiger partial charge in [-0.15, -0.1) is 0 Å². The highest BCUT2D eigenvalue weighted by Crippen LogP contribution is 2.28. The summed E-state index contributed by atoms with van der Waals surface area (Å²) < 4.78 is 10.4. The summed E-state index contributed by atoms with van der Waals surface area (Å²) in [6, 6.07) is 13.8. The molecule has 0 heterocycles.